The van der Waals surface area contributed by atoms with E-state index in [1.165, 1.54) is 11.1 Å². The van der Waals surface area contributed by atoms with Crippen LogP contribution in [-0.4, -0.2) is 0 Å². The number of aryl methyl sites for hydroxylation is 1. The van der Waals surface area contributed by atoms with Crippen LogP contribution in [0.15, 0.2) is 53.0 Å². The van der Waals surface area contributed by atoms with Gasteiger partial charge in [-0.1, -0.05) is 46.3 Å². The minimum Gasteiger partial charge on any atom is -0.378 e. The molecule has 0 radical (unpaired) electrons. The van der Waals surface area contributed by atoms with Crippen LogP contribution in [0, 0.1) is 6.92 Å². The minimum atomic E-state index is 0.285. The van der Waals surface area contributed by atoms with Crippen LogP contribution in [0.25, 0.3) is 0 Å². The maximum absolute atomic E-state index is 3.58. The van der Waals surface area contributed by atoms with Gasteiger partial charge in [-0.3, -0.25) is 0 Å². The van der Waals surface area contributed by atoms with Gasteiger partial charge in [-0.15, -0.1) is 0 Å². The molecule has 2 heteroatoms. The molecular weight excluding hydrogens is 274 g/mol. The predicted octanol–water partition coefficient (Wildman–Crippen LogP) is 4.93. The van der Waals surface area contributed by atoms with Gasteiger partial charge in [0.1, 0.15) is 0 Å². The third-order valence-corrected chi connectivity index (χ3v) is 3.50. The zero-order valence-electron chi connectivity index (χ0n) is 10.1. The molecule has 0 aliphatic heterocycles. The van der Waals surface area contributed by atoms with E-state index in [1.54, 1.807) is 0 Å². The topological polar surface area (TPSA) is 12.0 Å². The molecule has 0 aliphatic carbocycles. The first kappa shape index (κ1) is 12.2. The van der Waals surface area contributed by atoms with Gasteiger partial charge in [0.25, 0.3) is 0 Å². The van der Waals surface area contributed by atoms with Crippen LogP contribution in [0.2, 0.25) is 0 Å². The Morgan fingerprint density at radius 3 is 2.53 bits per heavy atom. The molecule has 0 fully saturated rings. The fourth-order valence-corrected chi connectivity index (χ4v) is 2.52. The fourth-order valence-electron chi connectivity index (χ4n) is 1.89. The summed E-state index contributed by atoms with van der Waals surface area (Å²) in [5, 5.41) is 3.51. The van der Waals surface area contributed by atoms with Crippen molar-refractivity contribution >= 4 is 21.6 Å². The van der Waals surface area contributed by atoms with Gasteiger partial charge in [0.15, 0.2) is 0 Å². The van der Waals surface area contributed by atoms with E-state index < -0.39 is 0 Å². The second-order valence-electron chi connectivity index (χ2n) is 4.26. The summed E-state index contributed by atoms with van der Waals surface area (Å²) in [6.07, 6.45) is 0. The quantitative estimate of drug-likeness (QED) is 0.845. The lowest BCUT2D eigenvalue weighted by Crippen LogP contribution is -2.07. The first-order valence-electron chi connectivity index (χ1n) is 5.74. The Labute approximate surface area is 111 Å². The van der Waals surface area contributed by atoms with E-state index in [4.69, 9.17) is 0 Å². The Hall–Kier alpha value is -1.28. The van der Waals surface area contributed by atoms with Gasteiger partial charge in [0.05, 0.1) is 0 Å². The molecule has 0 saturated heterocycles. The Morgan fingerprint density at radius 1 is 1.06 bits per heavy atom. The van der Waals surface area contributed by atoms with Gasteiger partial charge in [-0.25, -0.2) is 0 Å². The maximum Gasteiger partial charge on any atom is 0.0496 e. The van der Waals surface area contributed by atoms with Crippen molar-refractivity contribution < 1.29 is 0 Å². The number of nitrogens with one attached hydrogen (secondary N) is 1. The third kappa shape index (κ3) is 3.10. The van der Waals surface area contributed by atoms with Crippen LogP contribution in [0.1, 0.15) is 24.1 Å². The van der Waals surface area contributed by atoms with Crippen molar-refractivity contribution in [3.8, 4) is 0 Å². The van der Waals surface area contributed by atoms with E-state index in [9.17, 15) is 0 Å². The van der Waals surface area contributed by atoms with E-state index in [0.29, 0.717) is 0 Å². The highest BCUT2D eigenvalue weighted by Gasteiger charge is 2.08. The largest absolute Gasteiger partial charge is 0.378 e. The second kappa shape index (κ2) is 5.37. The van der Waals surface area contributed by atoms with E-state index >= 15 is 0 Å². The average molecular weight is 290 g/mol. The highest BCUT2D eigenvalue weighted by molar-refractivity contribution is 9.10. The molecule has 1 N–H and O–H groups in total. The van der Waals surface area contributed by atoms with Gasteiger partial charge < -0.3 is 5.32 Å². The van der Waals surface area contributed by atoms with Gasteiger partial charge in [-0.2, -0.15) is 0 Å². The zero-order valence-corrected chi connectivity index (χ0v) is 11.7. The van der Waals surface area contributed by atoms with Crippen molar-refractivity contribution in [3.63, 3.8) is 0 Å². The smallest absolute Gasteiger partial charge is 0.0496 e. The lowest BCUT2D eigenvalue weighted by atomic mass is 10.1. The zero-order chi connectivity index (χ0) is 12.3. The van der Waals surface area contributed by atoms with Crippen LogP contribution < -0.4 is 5.32 Å². The lowest BCUT2D eigenvalue weighted by molar-refractivity contribution is 0.878. The fraction of sp³-hybridized carbons (Fsp3) is 0.200. The van der Waals surface area contributed by atoms with Gasteiger partial charge >= 0.3 is 0 Å². The summed E-state index contributed by atoms with van der Waals surface area (Å²) in [7, 11) is 0. The number of rotatable bonds is 3. The Kier molecular flexibility index (Phi) is 3.85. The van der Waals surface area contributed by atoms with Crippen molar-refractivity contribution in [3.05, 3.63) is 64.1 Å². The predicted molar refractivity (Wildman–Crippen MR) is 77.4 cm³/mol. The van der Waals surface area contributed by atoms with E-state index in [1.807, 2.05) is 6.07 Å². The molecule has 1 unspecified atom stereocenters. The summed E-state index contributed by atoms with van der Waals surface area (Å²) >= 11 is 3.58. The molecule has 0 aromatic heterocycles. The van der Waals surface area contributed by atoms with Gasteiger partial charge in [0, 0.05) is 16.2 Å². The molecule has 2 aromatic rings. The Morgan fingerprint density at radius 2 is 1.82 bits per heavy atom. The number of benzene rings is 2. The molecule has 0 bridgehead atoms. The monoisotopic (exact) mass is 289 g/mol. The van der Waals surface area contributed by atoms with Gasteiger partial charge in [-0.05, 0) is 43.2 Å². The Bertz CT molecular complexity index is 508. The van der Waals surface area contributed by atoms with E-state index in [-0.39, 0.29) is 6.04 Å². The van der Waals surface area contributed by atoms with Crippen LogP contribution in [0.5, 0.6) is 0 Å². The van der Waals surface area contributed by atoms with Gasteiger partial charge in [0.2, 0.25) is 0 Å². The summed E-state index contributed by atoms with van der Waals surface area (Å²) in [4.78, 5) is 0. The number of hydrogen-bond acceptors (Lipinski definition) is 1. The third-order valence-electron chi connectivity index (χ3n) is 2.77. The van der Waals surface area contributed by atoms with Crippen LogP contribution in [0.4, 0.5) is 5.69 Å². The number of anilines is 1. The van der Waals surface area contributed by atoms with Crippen molar-refractivity contribution in [2.24, 2.45) is 0 Å². The molecule has 17 heavy (non-hydrogen) atoms. The molecule has 0 heterocycles. The highest BCUT2D eigenvalue weighted by Crippen LogP contribution is 2.26. The first-order valence-corrected chi connectivity index (χ1v) is 6.54. The summed E-state index contributed by atoms with van der Waals surface area (Å²) in [5.41, 5.74) is 3.71. The van der Waals surface area contributed by atoms with Crippen LogP contribution in [0.3, 0.4) is 0 Å². The molecular formula is C15H16BrN. The summed E-state index contributed by atoms with van der Waals surface area (Å²) < 4.78 is 1.15. The average Bonchev–Trinajstić information content (AvgIpc) is 2.29. The molecule has 88 valence electrons. The normalized spacial score (nSPS) is 12.2. The minimum absolute atomic E-state index is 0.285. The molecule has 2 rings (SSSR count). The lowest BCUT2D eigenvalue weighted by Gasteiger charge is -2.17. The van der Waals surface area contributed by atoms with Crippen molar-refractivity contribution in [1.29, 1.82) is 0 Å². The summed E-state index contributed by atoms with van der Waals surface area (Å²) in [6, 6.07) is 17.0. The van der Waals surface area contributed by atoms with Crippen LogP contribution >= 0.6 is 15.9 Å². The highest BCUT2D eigenvalue weighted by atomic mass is 79.9. The standard InChI is InChI=1S/C15H16BrN/c1-11-6-5-7-13(10-11)17-12(2)14-8-3-4-9-15(14)16/h3-10,12,17H,1-2H3. The molecule has 1 nitrogen and oxygen atoms in total. The van der Waals surface area contributed by atoms with E-state index in [0.717, 1.165) is 10.2 Å². The van der Waals surface area contributed by atoms with Crippen molar-refractivity contribution in [1.82, 2.24) is 0 Å². The summed E-state index contributed by atoms with van der Waals surface area (Å²) in [6.45, 7) is 4.27. The number of halogens is 1. The van der Waals surface area contributed by atoms with Crippen LogP contribution in [-0.2, 0) is 0 Å². The van der Waals surface area contributed by atoms with Crippen molar-refractivity contribution in [2.75, 3.05) is 5.32 Å². The SMILES string of the molecule is Cc1cccc(NC(C)c2ccccc2Br)c1. The molecule has 0 spiro atoms. The summed E-state index contributed by atoms with van der Waals surface area (Å²) in [5.74, 6) is 0. The van der Waals surface area contributed by atoms with E-state index in [2.05, 4.69) is 77.6 Å². The maximum atomic E-state index is 3.58. The molecule has 1 atom stereocenters. The Balaban J connectivity index is 2.17. The van der Waals surface area contributed by atoms with Crippen molar-refractivity contribution in [2.45, 2.75) is 19.9 Å². The molecule has 0 aliphatic rings. The molecule has 0 amide bonds. The first-order chi connectivity index (χ1) is 8.16. The molecule has 0 saturated carbocycles. The number of hydrogen-bond donors (Lipinski definition) is 1. The molecule has 2 aromatic carbocycles. The second-order valence-corrected chi connectivity index (χ2v) is 5.11.